The first-order chi connectivity index (χ1) is 10.6. The van der Waals surface area contributed by atoms with Crippen LogP contribution in [0.15, 0.2) is 23.4 Å². The molecule has 8 heteroatoms. The van der Waals surface area contributed by atoms with E-state index < -0.39 is 11.9 Å². The minimum atomic E-state index is -0.644. The first kappa shape index (κ1) is 14.2. The summed E-state index contributed by atoms with van der Waals surface area (Å²) in [6.45, 7) is 0.172. The van der Waals surface area contributed by atoms with Gasteiger partial charge >= 0.3 is 0 Å². The number of anilines is 1. The lowest BCUT2D eigenvalue weighted by Gasteiger charge is -2.29. The van der Waals surface area contributed by atoms with E-state index in [9.17, 15) is 19.3 Å². The fraction of sp³-hybridized carbons (Fsp3) is 0.357. The molecule has 22 heavy (non-hydrogen) atoms. The van der Waals surface area contributed by atoms with Crippen LogP contribution in [-0.4, -0.2) is 35.3 Å². The van der Waals surface area contributed by atoms with E-state index in [1.54, 1.807) is 18.2 Å². The highest BCUT2D eigenvalue weighted by molar-refractivity contribution is 6.06. The summed E-state index contributed by atoms with van der Waals surface area (Å²) in [6.07, 6.45) is 0.541. The number of imide groups is 1. The Morgan fingerprint density at radius 1 is 1.32 bits per heavy atom. The van der Waals surface area contributed by atoms with Crippen molar-refractivity contribution in [3.63, 3.8) is 0 Å². The van der Waals surface area contributed by atoms with Crippen molar-refractivity contribution in [1.82, 2.24) is 10.2 Å². The maximum Gasteiger partial charge on any atom is 0.255 e. The molecule has 0 aliphatic carbocycles. The van der Waals surface area contributed by atoms with Crippen molar-refractivity contribution in [2.45, 2.75) is 25.4 Å². The van der Waals surface area contributed by atoms with E-state index in [0.717, 1.165) is 5.56 Å². The summed E-state index contributed by atoms with van der Waals surface area (Å²) in [4.78, 5) is 47.4. The summed E-state index contributed by atoms with van der Waals surface area (Å²) in [6, 6.07) is 4.50. The number of carbonyl (C=O) groups is 3. The summed E-state index contributed by atoms with van der Waals surface area (Å²) in [5.41, 5.74) is 1.89. The zero-order valence-corrected chi connectivity index (χ0v) is 11.7. The van der Waals surface area contributed by atoms with E-state index in [2.05, 4.69) is 15.8 Å². The quantitative estimate of drug-likeness (QED) is 0.625. The lowest BCUT2D eigenvalue weighted by atomic mass is 10.0. The molecular formula is C14H14N4O4. The van der Waals surface area contributed by atoms with Crippen LogP contribution < -0.4 is 10.6 Å². The Labute approximate surface area is 125 Å². The third-order valence-electron chi connectivity index (χ3n) is 3.92. The number of hydrogen-bond donors (Lipinski definition) is 2. The van der Waals surface area contributed by atoms with Crippen LogP contribution in [0.5, 0.6) is 0 Å². The van der Waals surface area contributed by atoms with E-state index >= 15 is 0 Å². The molecular weight excluding hydrogens is 288 g/mol. The SMILES string of the molecule is O=NCNc1cccc2c1CN(C1CCC(=O)NC1=O)C2=O. The predicted octanol–water partition coefficient (Wildman–Crippen LogP) is 0.583. The Bertz CT molecular complexity index is 673. The monoisotopic (exact) mass is 302 g/mol. The van der Waals surface area contributed by atoms with Crippen molar-refractivity contribution < 1.29 is 14.4 Å². The number of amides is 3. The largest absolute Gasteiger partial charge is 0.363 e. The summed E-state index contributed by atoms with van der Waals surface area (Å²) < 4.78 is 0. The number of piperidine rings is 1. The third kappa shape index (κ3) is 2.32. The van der Waals surface area contributed by atoms with Gasteiger partial charge in [0.1, 0.15) is 12.7 Å². The smallest absolute Gasteiger partial charge is 0.255 e. The number of fused-ring (bicyclic) bond motifs is 1. The molecule has 2 heterocycles. The topological polar surface area (TPSA) is 108 Å². The zero-order chi connectivity index (χ0) is 15.7. The second-order valence-corrected chi connectivity index (χ2v) is 5.20. The Hall–Kier alpha value is -2.77. The molecule has 3 rings (SSSR count). The molecule has 1 aromatic carbocycles. The average Bonchev–Trinajstić information content (AvgIpc) is 2.83. The van der Waals surface area contributed by atoms with Crippen molar-refractivity contribution in [2.24, 2.45) is 5.18 Å². The van der Waals surface area contributed by atoms with Gasteiger partial charge in [-0.3, -0.25) is 19.7 Å². The van der Waals surface area contributed by atoms with Crippen molar-refractivity contribution in [1.29, 1.82) is 0 Å². The van der Waals surface area contributed by atoms with Gasteiger partial charge in [-0.15, -0.1) is 4.91 Å². The van der Waals surface area contributed by atoms with Crippen LogP contribution in [0.4, 0.5) is 5.69 Å². The lowest BCUT2D eigenvalue weighted by molar-refractivity contribution is -0.136. The molecule has 1 fully saturated rings. The molecule has 0 aromatic heterocycles. The van der Waals surface area contributed by atoms with E-state index in [4.69, 9.17) is 0 Å². The first-order valence-electron chi connectivity index (χ1n) is 6.91. The van der Waals surface area contributed by atoms with Crippen LogP contribution in [0.2, 0.25) is 0 Å². The van der Waals surface area contributed by atoms with Gasteiger partial charge in [-0.05, 0) is 23.7 Å². The molecule has 0 saturated carbocycles. The number of hydrogen-bond acceptors (Lipinski definition) is 6. The first-order valence-corrected chi connectivity index (χ1v) is 6.91. The summed E-state index contributed by atoms with van der Waals surface area (Å²) >= 11 is 0. The maximum absolute atomic E-state index is 12.5. The molecule has 0 radical (unpaired) electrons. The molecule has 8 nitrogen and oxygen atoms in total. The normalized spacial score (nSPS) is 20.6. The Balaban J connectivity index is 1.86. The van der Waals surface area contributed by atoms with Gasteiger partial charge < -0.3 is 10.2 Å². The second kappa shape index (κ2) is 5.55. The number of nitroso groups, excluding NO2 is 1. The standard InChI is InChI=1S/C14H14N4O4/c19-12-5-4-11(13(20)17-12)18-6-9-8(14(18)21)2-1-3-10(9)15-7-16-22/h1-3,11,15H,4-7H2,(H,17,19,20). The Morgan fingerprint density at radius 2 is 2.14 bits per heavy atom. The van der Waals surface area contributed by atoms with Gasteiger partial charge in [-0.2, -0.15) is 0 Å². The Morgan fingerprint density at radius 3 is 2.86 bits per heavy atom. The third-order valence-corrected chi connectivity index (χ3v) is 3.92. The van der Waals surface area contributed by atoms with Crippen LogP contribution in [0.25, 0.3) is 0 Å². The average molecular weight is 302 g/mol. The number of rotatable bonds is 4. The molecule has 114 valence electrons. The van der Waals surface area contributed by atoms with Crippen molar-refractivity contribution >= 4 is 23.4 Å². The highest BCUT2D eigenvalue weighted by Gasteiger charge is 2.39. The van der Waals surface area contributed by atoms with E-state index in [1.165, 1.54) is 4.90 Å². The fourth-order valence-corrected chi connectivity index (χ4v) is 2.87. The minimum Gasteiger partial charge on any atom is -0.363 e. The van der Waals surface area contributed by atoms with Crippen LogP contribution in [0.1, 0.15) is 28.8 Å². The fourth-order valence-electron chi connectivity index (χ4n) is 2.87. The second-order valence-electron chi connectivity index (χ2n) is 5.20. The van der Waals surface area contributed by atoms with Gasteiger partial charge in [0, 0.05) is 29.8 Å². The van der Waals surface area contributed by atoms with E-state index in [0.29, 0.717) is 17.7 Å². The predicted molar refractivity (Wildman–Crippen MR) is 76.8 cm³/mol. The number of carbonyl (C=O) groups excluding carboxylic acids is 3. The zero-order valence-electron chi connectivity index (χ0n) is 11.7. The summed E-state index contributed by atoms with van der Waals surface area (Å²) in [5, 5.41) is 7.85. The van der Waals surface area contributed by atoms with Crippen molar-refractivity contribution in [2.75, 3.05) is 12.0 Å². The van der Waals surface area contributed by atoms with Crippen molar-refractivity contribution in [3.8, 4) is 0 Å². The lowest BCUT2D eigenvalue weighted by Crippen LogP contribution is -2.52. The molecule has 0 spiro atoms. The van der Waals surface area contributed by atoms with E-state index in [1.807, 2.05) is 0 Å². The van der Waals surface area contributed by atoms with Crippen LogP contribution in [0.3, 0.4) is 0 Å². The summed E-state index contributed by atoms with van der Waals surface area (Å²) in [7, 11) is 0. The molecule has 2 aliphatic rings. The van der Waals surface area contributed by atoms with Crippen LogP contribution >= 0.6 is 0 Å². The number of nitrogens with zero attached hydrogens (tertiary/aromatic N) is 2. The van der Waals surface area contributed by atoms with Gasteiger partial charge in [0.25, 0.3) is 5.91 Å². The van der Waals surface area contributed by atoms with Crippen molar-refractivity contribution in [3.05, 3.63) is 34.2 Å². The highest BCUT2D eigenvalue weighted by atomic mass is 16.3. The van der Waals surface area contributed by atoms with E-state index in [-0.39, 0.29) is 31.4 Å². The van der Waals surface area contributed by atoms with Gasteiger partial charge in [0.2, 0.25) is 11.8 Å². The number of nitrogens with one attached hydrogen (secondary N) is 2. The molecule has 2 N–H and O–H groups in total. The molecule has 2 aliphatic heterocycles. The van der Waals surface area contributed by atoms with Gasteiger partial charge in [0.05, 0.1) is 0 Å². The highest BCUT2D eigenvalue weighted by Crippen LogP contribution is 2.32. The van der Waals surface area contributed by atoms with Gasteiger partial charge in [0.15, 0.2) is 0 Å². The molecule has 3 amide bonds. The van der Waals surface area contributed by atoms with Crippen LogP contribution in [-0.2, 0) is 16.1 Å². The van der Waals surface area contributed by atoms with Gasteiger partial charge in [-0.25, -0.2) is 0 Å². The van der Waals surface area contributed by atoms with Gasteiger partial charge in [-0.1, -0.05) is 6.07 Å². The molecule has 1 aromatic rings. The molecule has 1 atom stereocenters. The molecule has 0 bridgehead atoms. The number of benzene rings is 1. The Kier molecular flexibility index (Phi) is 3.58. The van der Waals surface area contributed by atoms with Crippen LogP contribution in [0, 0.1) is 4.91 Å². The molecule has 1 unspecified atom stereocenters. The molecule has 1 saturated heterocycles. The maximum atomic E-state index is 12.5. The minimum absolute atomic E-state index is 0.0942. The summed E-state index contributed by atoms with van der Waals surface area (Å²) in [5.74, 6) is -1.00.